The van der Waals surface area contributed by atoms with Crippen LogP contribution in [0.15, 0.2) is 45.7 Å². The molecule has 3 heteroatoms. The maximum Gasteiger partial charge on any atom is 0.205 e. The molecule has 0 fully saturated rings. The molecule has 0 N–H and O–H groups in total. The second kappa shape index (κ2) is 6.83. The van der Waals surface area contributed by atoms with Gasteiger partial charge >= 0.3 is 0 Å². The smallest absolute Gasteiger partial charge is 0.205 e. The van der Waals surface area contributed by atoms with E-state index < -0.39 is 0 Å². The van der Waals surface area contributed by atoms with Crippen molar-refractivity contribution in [2.75, 3.05) is 13.1 Å². The monoisotopic (exact) mass is 309 g/mol. The van der Waals surface area contributed by atoms with E-state index >= 15 is 0 Å². The Balaban J connectivity index is 2.34. The summed E-state index contributed by atoms with van der Waals surface area (Å²) in [6.07, 6.45) is 10.4. The number of ketones is 2. The number of allylic oxidation sites excluding steroid dienone is 5. The minimum Gasteiger partial charge on any atom is -0.364 e. The molecule has 0 atom stereocenters. The Morgan fingerprint density at radius 3 is 2.43 bits per heavy atom. The van der Waals surface area contributed by atoms with Crippen LogP contribution in [0.4, 0.5) is 0 Å². The number of Topliss-reactive ketones (excluding diaryl/α,β-unsaturated/α-hetero) is 2. The van der Waals surface area contributed by atoms with Crippen LogP contribution in [0.5, 0.6) is 0 Å². The highest BCUT2D eigenvalue weighted by Crippen LogP contribution is 2.31. The number of carbonyl (C=O) groups excluding carboxylic acids is 2. The van der Waals surface area contributed by atoms with Gasteiger partial charge in [-0.05, 0) is 45.3 Å². The summed E-state index contributed by atoms with van der Waals surface area (Å²) in [7, 11) is 0. The van der Waals surface area contributed by atoms with E-state index in [0.29, 0.717) is 35.4 Å². The van der Waals surface area contributed by atoms with Gasteiger partial charge in [0.1, 0.15) is 0 Å². The maximum atomic E-state index is 12.7. The Labute approximate surface area is 138 Å². The molecule has 120 valence electrons. The highest BCUT2D eigenvalue weighted by atomic mass is 16.1. The Morgan fingerprint density at radius 1 is 1.17 bits per heavy atom. The van der Waals surface area contributed by atoms with E-state index in [9.17, 15) is 9.59 Å². The lowest BCUT2D eigenvalue weighted by Gasteiger charge is -2.35. The molecule has 0 amide bonds. The van der Waals surface area contributed by atoms with Crippen molar-refractivity contribution < 1.29 is 9.59 Å². The summed E-state index contributed by atoms with van der Waals surface area (Å²) < 4.78 is 0. The molecule has 3 nitrogen and oxygen atoms in total. The van der Waals surface area contributed by atoms with E-state index in [0.717, 1.165) is 13.0 Å². The summed E-state index contributed by atoms with van der Waals surface area (Å²) in [5.74, 6) is 2.51. The molecule has 0 bridgehead atoms. The third-order valence-electron chi connectivity index (χ3n) is 4.66. The summed E-state index contributed by atoms with van der Waals surface area (Å²) in [4.78, 5) is 27.3. The Morgan fingerprint density at radius 2 is 1.87 bits per heavy atom. The Bertz CT molecular complexity index is 723. The fourth-order valence-electron chi connectivity index (χ4n) is 3.30. The molecule has 0 saturated heterocycles. The predicted molar refractivity (Wildman–Crippen MR) is 92.6 cm³/mol. The molecule has 1 aliphatic heterocycles. The zero-order chi connectivity index (χ0) is 17.1. The lowest BCUT2D eigenvalue weighted by atomic mass is 9.86. The summed E-state index contributed by atoms with van der Waals surface area (Å²) in [5.41, 5.74) is 4.80. The molecule has 2 aliphatic rings. The second-order valence-electron chi connectivity index (χ2n) is 6.07. The van der Waals surface area contributed by atoms with Gasteiger partial charge in [0.15, 0.2) is 5.78 Å². The van der Waals surface area contributed by atoms with E-state index in [1.165, 1.54) is 11.1 Å². The van der Waals surface area contributed by atoms with Crippen LogP contribution in [0.2, 0.25) is 0 Å². The van der Waals surface area contributed by atoms with Gasteiger partial charge in [-0.2, -0.15) is 0 Å². The fraction of sp³-hybridized carbons (Fsp3) is 0.400. The number of carbonyl (C=O) groups is 2. The number of hydrogen-bond acceptors (Lipinski definition) is 3. The van der Waals surface area contributed by atoms with Crippen molar-refractivity contribution in [3.05, 3.63) is 45.7 Å². The zero-order valence-corrected chi connectivity index (χ0v) is 14.3. The van der Waals surface area contributed by atoms with Gasteiger partial charge in [0.05, 0.1) is 5.70 Å². The molecule has 0 aromatic rings. The molecule has 2 rings (SSSR count). The molecule has 0 spiro atoms. The zero-order valence-electron chi connectivity index (χ0n) is 14.3. The first-order chi connectivity index (χ1) is 10.9. The van der Waals surface area contributed by atoms with Crippen molar-refractivity contribution in [2.45, 2.75) is 40.5 Å². The van der Waals surface area contributed by atoms with Crippen molar-refractivity contribution in [1.82, 2.24) is 4.90 Å². The van der Waals surface area contributed by atoms with Crippen LogP contribution in [0.25, 0.3) is 0 Å². The van der Waals surface area contributed by atoms with Gasteiger partial charge in [0, 0.05) is 29.8 Å². The molecule has 23 heavy (non-hydrogen) atoms. The Kier molecular flexibility index (Phi) is 5.05. The van der Waals surface area contributed by atoms with Gasteiger partial charge in [-0.1, -0.05) is 24.5 Å². The van der Waals surface area contributed by atoms with E-state index in [-0.39, 0.29) is 11.6 Å². The van der Waals surface area contributed by atoms with Crippen molar-refractivity contribution in [3.8, 4) is 12.3 Å². The summed E-state index contributed by atoms with van der Waals surface area (Å²) in [6, 6.07) is 0. The predicted octanol–water partition coefficient (Wildman–Crippen LogP) is 3.35. The van der Waals surface area contributed by atoms with Crippen LogP contribution >= 0.6 is 0 Å². The number of terminal acetylenes is 1. The molecular formula is C20H23NO2. The van der Waals surface area contributed by atoms with E-state index in [2.05, 4.69) is 5.92 Å². The van der Waals surface area contributed by atoms with Gasteiger partial charge in [0.2, 0.25) is 5.78 Å². The van der Waals surface area contributed by atoms with Crippen molar-refractivity contribution in [1.29, 1.82) is 0 Å². The fourth-order valence-corrected chi connectivity index (χ4v) is 3.30. The lowest BCUT2D eigenvalue weighted by Crippen LogP contribution is -2.37. The normalized spacial score (nSPS) is 20.0. The van der Waals surface area contributed by atoms with Crippen LogP contribution in [0, 0.1) is 12.3 Å². The van der Waals surface area contributed by atoms with Gasteiger partial charge in [-0.25, -0.2) is 0 Å². The summed E-state index contributed by atoms with van der Waals surface area (Å²) in [5, 5.41) is 0. The number of nitrogens with zero attached hydrogens (tertiary/aromatic N) is 1. The molecule has 1 aliphatic carbocycles. The van der Waals surface area contributed by atoms with Crippen LogP contribution in [0.3, 0.4) is 0 Å². The first-order valence-corrected chi connectivity index (χ1v) is 7.98. The van der Waals surface area contributed by atoms with E-state index in [1.807, 2.05) is 24.8 Å². The van der Waals surface area contributed by atoms with E-state index in [1.54, 1.807) is 19.9 Å². The molecule has 1 heterocycles. The molecule has 0 unspecified atom stereocenters. The first kappa shape index (κ1) is 17.0. The third-order valence-corrected chi connectivity index (χ3v) is 4.66. The molecular weight excluding hydrogens is 286 g/mol. The second-order valence-corrected chi connectivity index (χ2v) is 6.07. The van der Waals surface area contributed by atoms with Gasteiger partial charge < -0.3 is 4.90 Å². The van der Waals surface area contributed by atoms with Crippen LogP contribution in [-0.2, 0) is 9.59 Å². The van der Waals surface area contributed by atoms with E-state index in [4.69, 9.17) is 6.42 Å². The van der Waals surface area contributed by atoms with Crippen LogP contribution in [-0.4, -0.2) is 29.6 Å². The highest BCUT2D eigenvalue weighted by Gasteiger charge is 2.33. The molecule has 0 aromatic heterocycles. The molecule has 0 saturated carbocycles. The largest absolute Gasteiger partial charge is 0.364 e. The SMILES string of the molecule is C#C/C=C\C1=C(C)CN(C2=C(C)C(=O)C(CC)=C(C)C2=O)CC1. The molecule has 0 radical (unpaired) electrons. The minimum absolute atomic E-state index is 0.00522. The number of hydrogen-bond donors (Lipinski definition) is 0. The number of rotatable bonds is 3. The quantitative estimate of drug-likeness (QED) is 0.592. The average Bonchev–Trinajstić information content (AvgIpc) is 2.53. The standard InChI is InChI=1S/C20H23NO2/c1-6-8-9-16-10-11-21(12-13(16)3)18-15(5)19(22)17(7-2)14(4)20(18)23/h1,8-9H,7,10-12H2,2-5H3/b9-8-. The topological polar surface area (TPSA) is 37.4 Å². The van der Waals surface area contributed by atoms with Crippen molar-refractivity contribution in [3.63, 3.8) is 0 Å². The lowest BCUT2D eigenvalue weighted by molar-refractivity contribution is -0.117. The van der Waals surface area contributed by atoms with Crippen LogP contribution < -0.4 is 0 Å². The van der Waals surface area contributed by atoms with Crippen LogP contribution in [0.1, 0.15) is 40.5 Å². The van der Waals surface area contributed by atoms with Crippen molar-refractivity contribution in [2.24, 2.45) is 0 Å². The molecule has 0 aromatic carbocycles. The maximum absolute atomic E-state index is 12.7. The van der Waals surface area contributed by atoms with Gasteiger partial charge in [0.25, 0.3) is 0 Å². The van der Waals surface area contributed by atoms with Gasteiger partial charge in [-0.15, -0.1) is 6.42 Å². The first-order valence-electron chi connectivity index (χ1n) is 7.98. The summed E-state index contributed by atoms with van der Waals surface area (Å²) in [6.45, 7) is 8.88. The average molecular weight is 309 g/mol. The van der Waals surface area contributed by atoms with Gasteiger partial charge in [-0.3, -0.25) is 9.59 Å². The Hall–Kier alpha value is -2.34. The highest BCUT2D eigenvalue weighted by molar-refractivity contribution is 6.24. The van der Waals surface area contributed by atoms with Crippen molar-refractivity contribution >= 4 is 11.6 Å². The third kappa shape index (κ3) is 3.07. The minimum atomic E-state index is -0.00522. The summed E-state index contributed by atoms with van der Waals surface area (Å²) >= 11 is 0.